The molecule has 2 fully saturated rings. The van der Waals surface area contributed by atoms with Gasteiger partial charge in [-0.15, -0.1) is 0 Å². The lowest BCUT2D eigenvalue weighted by molar-refractivity contribution is 0.0204. The zero-order chi connectivity index (χ0) is 26.4. The Morgan fingerprint density at radius 2 is 1.81 bits per heavy atom. The first kappa shape index (κ1) is 25.8. The van der Waals surface area contributed by atoms with Crippen LogP contribution in [0.5, 0.6) is 0 Å². The van der Waals surface area contributed by atoms with Crippen molar-refractivity contribution in [2.24, 2.45) is 5.92 Å². The Labute approximate surface area is 219 Å². The highest BCUT2D eigenvalue weighted by atomic mass is 32.2. The van der Waals surface area contributed by atoms with Gasteiger partial charge in [0.15, 0.2) is 9.84 Å². The summed E-state index contributed by atoms with van der Waals surface area (Å²) >= 11 is 0. The maximum absolute atomic E-state index is 12.5. The number of piperidine rings is 1. The number of sulfone groups is 1. The van der Waals surface area contributed by atoms with Crippen LogP contribution in [0.3, 0.4) is 0 Å². The first-order chi connectivity index (χ1) is 17.5. The minimum atomic E-state index is -3.24. The number of rotatable bonds is 6. The topological polar surface area (TPSA) is 95.9 Å². The number of fused-ring (bicyclic) bond motifs is 1. The van der Waals surface area contributed by atoms with Gasteiger partial charge < -0.3 is 19.4 Å². The van der Waals surface area contributed by atoms with Crippen LogP contribution in [0, 0.1) is 5.92 Å². The average molecular weight is 528 g/mol. The number of amides is 1. The minimum Gasteiger partial charge on any atom is -0.444 e. The third kappa shape index (κ3) is 6.00. The molecule has 2 aromatic rings. The number of benzene rings is 1. The van der Waals surface area contributed by atoms with Gasteiger partial charge in [0, 0.05) is 50.2 Å². The number of hydrogen-bond acceptors (Lipinski definition) is 8. The normalized spacial score (nSPS) is 18.6. The molecule has 3 heterocycles. The van der Waals surface area contributed by atoms with Crippen molar-refractivity contribution in [1.82, 2.24) is 14.9 Å². The molecule has 1 aromatic carbocycles. The summed E-state index contributed by atoms with van der Waals surface area (Å²) in [7, 11) is -3.24. The van der Waals surface area contributed by atoms with Crippen LogP contribution in [0.4, 0.5) is 22.1 Å². The zero-order valence-electron chi connectivity index (χ0n) is 22.2. The summed E-state index contributed by atoms with van der Waals surface area (Å²) in [6.45, 7) is 8.72. The molecule has 1 aliphatic carbocycles. The van der Waals surface area contributed by atoms with Gasteiger partial charge in [0.25, 0.3) is 0 Å². The molecule has 2 aliphatic heterocycles. The lowest BCUT2D eigenvalue weighted by Crippen LogP contribution is -2.48. The van der Waals surface area contributed by atoms with Crippen LogP contribution in [-0.4, -0.2) is 73.5 Å². The number of nitrogens with zero attached hydrogens (tertiary/aromatic N) is 5. The van der Waals surface area contributed by atoms with Gasteiger partial charge in [0.2, 0.25) is 0 Å². The van der Waals surface area contributed by atoms with Crippen molar-refractivity contribution < 1.29 is 17.9 Å². The van der Waals surface area contributed by atoms with Crippen LogP contribution < -0.4 is 9.80 Å². The molecular formula is C27H37N5O4S. The number of aromatic nitrogens is 2. The number of carbonyl (C=O) groups is 1. The van der Waals surface area contributed by atoms with E-state index in [0.717, 1.165) is 55.2 Å². The van der Waals surface area contributed by atoms with E-state index in [4.69, 9.17) is 4.74 Å². The van der Waals surface area contributed by atoms with Crippen molar-refractivity contribution in [2.75, 3.05) is 42.2 Å². The first-order valence-electron chi connectivity index (χ1n) is 13.1. The van der Waals surface area contributed by atoms with Crippen LogP contribution in [0.1, 0.15) is 52.0 Å². The molecule has 0 unspecified atom stereocenters. The fourth-order valence-electron chi connectivity index (χ4n) is 5.18. The lowest BCUT2D eigenvalue weighted by atomic mass is 10.0. The van der Waals surface area contributed by atoms with E-state index in [-0.39, 0.29) is 6.09 Å². The van der Waals surface area contributed by atoms with Crippen LogP contribution in [-0.2, 0) is 21.0 Å². The molecule has 1 amide bonds. The Kier molecular flexibility index (Phi) is 6.81. The maximum atomic E-state index is 12.5. The lowest BCUT2D eigenvalue weighted by Gasteiger charge is -2.39. The Morgan fingerprint density at radius 1 is 1.08 bits per heavy atom. The summed E-state index contributed by atoms with van der Waals surface area (Å²) < 4.78 is 29.6. The summed E-state index contributed by atoms with van der Waals surface area (Å²) in [6.07, 6.45) is 7.62. The molecule has 0 radical (unpaired) electrons. The highest BCUT2D eigenvalue weighted by molar-refractivity contribution is 7.90. The number of ether oxygens (including phenoxy) is 1. The number of anilines is 3. The van der Waals surface area contributed by atoms with Crippen molar-refractivity contribution in [3.05, 3.63) is 36.2 Å². The Bertz CT molecular complexity index is 1260. The van der Waals surface area contributed by atoms with E-state index in [1.807, 2.05) is 31.7 Å². The Morgan fingerprint density at radius 3 is 2.46 bits per heavy atom. The van der Waals surface area contributed by atoms with Crippen molar-refractivity contribution in [2.45, 2.75) is 69.4 Å². The molecule has 0 bridgehead atoms. The monoisotopic (exact) mass is 527 g/mol. The standard InChI is InChI=1S/C27H37N5O4S/c1-27(2,3)36-26(33)30-12-10-21(11-13-30)32(17-19-5-6-19)25-16-24(28-18-29-25)31-14-9-20-15-22(37(4,34)35)7-8-23(20)31/h7-8,15-16,18-19,21H,5-6,9-14,17H2,1-4H3. The highest BCUT2D eigenvalue weighted by Gasteiger charge is 2.34. The van der Waals surface area contributed by atoms with Crippen molar-refractivity contribution in [3.8, 4) is 0 Å². The van der Waals surface area contributed by atoms with Gasteiger partial charge in [-0.3, -0.25) is 0 Å². The van der Waals surface area contributed by atoms with Crippen LogP contribution in [0.15, 0.2) is 35.5 Å². The van der Waals surface area contributed by atoms with Gasteiger partial charge in [-0.1, -0.05) is 0 Å². The van der Waals surface area contributed by atoms with Crippen molar-refractivity contribution in [1.29, 1.82) is 0 Å². The van der Waals surface area contributed by atoms with Gasteiger partial charge >= 0.3 is 6.09 Å². The third-order valence-corrected chi connectivity index (χ3v) is 8.40. The van der Waals surface area contributed by atoms with Crippen LogP contribution >= 0.6 is 0 Å². The number of carbonyl (C=O) groups excluding carboxylic acids is 1. The average Bonchev–Trinajstić information content (AvgIpc) is 3.56. The minimum absolute atomic E-state index is 0.240. The molecule has 1 saturated heterocycles. The SMILES string of the molecule is CC(C)(C)OC(=O)N1CCC(N(CC2CC2)c2cc(N3CCc4cc(S(C)(=O)=O)ccc43)ncn2)CC1. The van der Waals surface area contributed by atoms with Crippen molar-refractivity contribution in [3.63, 3.8) is 0 Å². The smallest absolute Gasteiger partial charge is 0.410 e. The van der Waals surface area contributed by atoms with Crippen LogP contribution in [0.25, 0.3) is 0 Å². The molecule has 3 aliphatic rings. The Balaban J connectivity index is 1.33. The molecule has 1 aromatic heterocycles. The molecule has 200 valence electrons. The van der Waals surface area contributed by atoms with E-state index in [0.29, 0.717) is 29.9 Å². The van der Waals surface area contributed by atoms with Gasteiger partial charge in [-0.2, -0.15) is 0 Å². The molecular weight excluding hydrogens is 490 g/mol. The molecule has 0 atom stereocenters. The third-order valence-electron chi connectivity index (χ3n) is 7.29. The van der Waals surface area contributed by atoms with E-state index in [2.05, 4.69) is 25.8 Å². The predicted octanol–water partition coefficient (Wildman–Crippen LogP) is 4.19. The summed E-state index contributed by atoms with van der Waals surface area (Å²) in [4.78, 5) is 28.5. The fraction of sp³-hybridized carbons (Fsp3) is 0.593. The molecule has 10 heteroatoms. The molecule has 1 saturated carbocycles. The molecule has 0 spiro atoms. The fourth-order valence-corrected chi connectivity index (χ4v) is 5.86. The van der Waals surface area contributed by atoms with Gasteiger partial charge in [0.1, 0.15) is 23.6 Å². The highest BCUT2D eigenvalue weighted by Crippen LogP contribution is 2.37. The maximum Gasteiger partial charge on any atom is 0.410 e. The summed E-state index contributed by atoms with van der Waals surface area (Å²) in [5, 5.41) is 0. The van der Waals surface area contributed by atoms with E-state index < -0.39 is 15.4 Å². The van der Waals surface area contributed by atoms with Crippen LogP contribution in [0.2, 0.25) is 0 Å². The zero-order valence-corrected chi connectivity index (χ0v) is 23.0. The molecule has 0 N–H and O–H groups in total. The van der Waals surface area contributed by atoms with E-state index in [1.54, 1.807) is 18.5 Å². The van der Waals surface area contributed by atoms with Gasteiger partial charge in [-0.05, 0) is 82.6 Å². The van der Waals surface area contributed by atoms with E-state index in [9.17, 15) is 13.2 Å². The Hall–Kier alpha value is -2.88. The van der Waals surface area contributed by atoms with E-state index >= 15 is 0 Å². The second-order valence-corrected chi connectivity index (χ2v) is 13.5. The molecule has 5 rings (SSSR count). The quantitative estimate of drug-likeness (QED) is 0.552. The first-order valence-corrected chi connectivity index (χ1v) is 15.0. The van der Waals surface area contributed by atoms with Crippen molar-refractivity contribution >= 4 is 33.3 Å². The van der Waals surface area contributed by atoms with E-state index in [1.165, 1.54) is 19.1 Å². The molecule has 37 heavy (non-hydrogen) atoms. The number of hydrogen-bond donors (Lipinski definition) is 0. The van der Waals surface area contributed by atoms with Gasteiger partial charge in [-0.25, -0.2) is 23.2 Å². The summed E-state index contributed by atoms with van der Waals surface area (Å²) in [5.41, 5.74) is 1.52. The largest absolute Gasteiger partial charge is 0.444 e. The molecule has 9 nitrogen and oxygen atoms in total. The predicted molar refractivity (Wildman–Crippen MR) is 143 cm³/mol. The summed E-state index contributed by atoms with van der Waals surface area (Å²) in [5.74, 6) is 2.42. The second-order valence-electron chi connectivity index (χ2n) is 11.5. The number of likely N-dealkylation sites (tertiary alicyclic amines) is 1. The van der Waals surface area contributed by atoms with Gasteiger partial charge in [0.05, 0.1) is 4.90 Å². The second kappa shape index (κ2) is 9.78. The summed E-state index contributed by atoms with van der Waals surface area (Å²) in [6, 6.07) is 7.69.